The maximum absolute atomic E-state index is 11.6. The van der Waals surface area contributed by atoms with Gasteiger partial charge in [0.25, 0.3) is 0 Å². The third kappa shape index (κ3) is 15.7. The zero-order valence-corrected chi connectivity index (χ0v) is 23.0. The molecule has 1 aromatic heterocycles. The van der Waals surface area contributed by atoms with Gasteiger partial charge in [0.15, 0.2) is 45.6 Å². The first-order valence-electron chi connectivity index (χ1n) is 11.8. The normalized spacial score (nSPS) is 12.1. The van der Waals surface area contributed by atoms with E-state index in [2.05, 4.69) is 34.1 Å². The average Bonchev–Trinajstić information content (AvgIpc) is 2.83. The van der Waals surface area contributed by atoms with Crippen LogP contribution in [0.25, 0.3) is 4.13 Å². The van der Waals surface area contributed by atoms with Crippen LogP contribution in [0.2, 0.25) is 0 Å². The molecule has 0 unspecified atom stereocenters. The molecule has 1 N–H and O–H groups in total. The Morgan fingerprint density at radius 1 is 1.02 bits per heavy atom. The molecule has 1 aromatic rings. The van der Waals surface area contributed by atoms with Crippen LogP contribution in [0.4, 0.5) is 31.1 Å². The van der Waals surface area contributed by atoms with Gasteiger partial charge >= 0.3 is 17.1 Å². The van der Waals surface area contributed by atoms with Crippen LogP contribution in [0.15, 0.2) is 29.5 Å². The topological polar surface area (TPSA) is 154 Å². The smallest absolute Gasteiger partial charge is 0.443 e. The van der Waals surface area contributed by atoms with E-state index in [0.29, 0.717) is 26.2 Å². The van der Waals surface area contributed by atoms with Crippen molar-refractivity contribution in [1.82, 2.24) is 5.32 Å². The van der Waals surface area contributed by atoms with E-state index in [-0.39, 0.29) is 6.09 Å². The Morgan fingerprint density at radius 2 is 1.62 bits per heavy atom. The first kappa shape index (κ1) is 37.2. The van der Waals surface area contributed by atoms with E-state index in [0.717, 1.165) is 36.2 Å². The van der Waals surface area contributed by atoms with Crippen LogP contribution >= 0.6 is 0 Å². The van der Waals surface area contributed by atoms with Crippen molar-refractivity contribution in [2.24, 2.45) is 4.99 Å². The quantitative estimate of drug-likeness (QED) is 0.101. The molecule has 0 aliphatic carbocycles. The first-order chi connectivity index (χ1) is 18.5. The molecule has 0 aliphatic rings. The lowest BCUT2D eigenvalue weighted by atomic mass is 10.1. The molecular formula is C21H30F6N4O7S2. The van der Waals surface area contributed by atoms with E-state index >= 15 is 0 Å². The Labute approximate surface area is 228 Å². The molecule has 0 spiro atoms. The summed E-state index contributed by atoms with van der Waals surface area (Å²) in [7, 11) is -13.4. The Morgan fingerprint density at radius 3 is 2.17 bits per heavy atom. The number of nitrogens with one attached hydrogen (secondary N) is 1. The summed E-state index contributed by atoms with van der Waals surface area (Å²) in [6, 6.07) is 4.16. The van der Waals surface area contributed by atoms with Gasteiger partial charge in [-0.15, -0.1) is 0 Å². The molecule has 0 bridgehead atoms. The van der Waals surface area contributed by atoms with Crippen molar-refractivity contribution in [1.29, 1.82) is 0 Å². The van der Waals surface area contributed by atoms with Gasteiger partial charge in [0, 0.05) is 18.2 Å². The highest BCUT2D eigenvalue weighted by Gasteiger charge is 2.46. The van der Waals surface area contributed by atoms with Gasteiger partial charge in [-0.2, -0.15) is 26.3 Å². The number of carbonyl (C=O) groups excluding carboxylic acids is 2. The number of nitrogens with zero attached hydrogens (tertiary/aromatic N) is 3. The number of ether oxygens (including phenoxy) is 1. The number of pyridine rings is 1. The van der Waals surface area contributed by atoms with Gasteiger partial charge in [-0.25, -0.2) is 36.0 Å². The molecule has 230 valence electrons. The maximum atomic E-state index is 11.6. The van der Waals surface area contributed by atoms with Crippen molar-refractivity contribution < 1.29 is 62.1 Å². The molecule has 0 fully saturated rings. The number of aromatic nitrogens is 1. The minimum Gasteiger partial charge on any atom is -0.443 e. The van der Waals surface area contributed by atoms with Crippen molar-refractivity contribution in [3.63, 3.8) is 0 Å². The Bertz CT molecular complexity index is 1130. The minimum absolute atomic E-state index is 0.359. The number of hydrogen-bond acceptors (Lipinski definition) is 8. The highest BCUT2D eigenvalue weighted by molar-refractivity contribution is 8.13. The monoisotopic (exact) mass is 628 g/mol. The molecule has 40 heavy (non-hydrogen) atoms. The fraction of sp³-hybridized carbons (Fsp3) is 0.667. The number of unbranched alkanes of at least 4 members (excludes halogenated alkanes) is 4. The highest BCUT2D eigenvalue weighted by Crippen LogP contribution is 2.36. The molecule has 0 aliphatic heterocycles. The second kappa shape index (κ2) is 17.8. The van der Waals surface area contributed by atoms with Crippen LogP contribution < -0.4 is 9.88 Å². The van der Waals surface area contributed by atoms with E-state index in [1.54, 1.807) is 0 Å². The number of alkyl carbamates (subject to hydrolysis) is 1. The van der Waals surface area contributed by atoms with Crippen LogP contribution in [-0.2, 0) is 42.5 Å². The number of carbonyl (C=O) groups is 1. The molecule has 1 heterocycles. The standard InChI is InChI=1S/C19H29N3O3.C2F6NO4S2/c1-2-3-9-18-10-8-13-22(16-18)14-15-25-19(24)21-12-7-5-4-6-11-20-17-23;3-1(4,5)14(10,11)9-15(12,13)2(6,7)8/h8,10,13,16H,2-7,9,11-12,14-15H2,1H3;/q;-1/p+1. The van der Waals surface area contributed by atoms with Crippen LogP contribution in [0.1, 0.15) is 51.0 Å². The van der Waals surface area contributed by atoms with Crippen molar-refractivity contribution >= 4 is 32.2 Å². The minimum atomic E-state index is -6.72. The van der Waals surface area contributed by atoms with Crippen LogP contribution in [0, 0.1) is 0 Å². The fourth-order valence-electron chi connectivity index (χ4n) is 2.66. The predicted molar refractivity (Wildman–Crippen MR) is 129 cm³/mol. The Kier molecular flexibility index (Phi) is 16.6. The molecule has 0 saturated heterocycles. The van der Waals surface area contributed by atoms with Crippen LogP contribution in [-0.4, -0.2) is 59.7 Å². The van der Waals surface area contributed by atoms with Gasteiger partial charge < -0.3 is 14.2 Å². The summed E-state index contributed by atoms with van der Waals surface area (Å²) in [5, 5.41) is 2.75. The fourth-order valence-corrected chi connectivity index (χ4v) is 4.37. The first-order valence-corrected chi connectivity index (χ1v) is 14.6. The number of amides is 1. The van der Waals surface area contributed by atoms with Gasteiger partial charge in [0.1, 0.15) is 0 Å². The number of aliphatic imine (C=N–C) groups is 1. The SMILES string of the molecule is CCCCc1ccc[n+](CCOC(=O)NCCCCCCN=C=O)c1.O=S(=O)([N-]S(=O)(=O)C(F)(F)F)C(F)(F)F. The molecule has 11 nitrogen and oxygen atoms in total. The van der Waals surface area contributed by atoms with Crippen molar-refractivity contribution in [2.75, 3.05) is 19.7 Å². The van der Waals surface area contributed by atoms with E-state index in [4.69, 9.17) is 4.74 Å². The number of sulfonamides is 2. The third-order valence-electron chi connectivity index (χ3n) is 4.63. The van der Waals surface area contributed by atoms with Crippen LogP contribution in [0.3, 0.4) is 0 Å². The summed E-state index contributed by atoms with van der Waals surface area (Å²) in [5.41, 5.74) is -11.1. The molecule has 19 heteroatoms. The molecule has 1 rings (SSSR count). The maximum Gasteiger partial charge on any atom is 0.480 e. The van der Waals surface area contributed by atoms with Gasteiger partial charge in [-0.05, 0) is 31.7 Å². The summed E-state index contributed by atoms with van der Waals surface area (Å²) in [6.45, 7) is 4.35. The lowest BCUT2D eigenvalue weighted by Gasteiger charge is -2.22. The third-order valence-corrected chi connectivity index (χ3v) is 7.37. The van der Waals surface area contributed by atoms with Crippen molar-refractivity contribution in [3.05, 3.63) is 34.2 Å². The van der Waals surface area contributed by atoms with Crippen molar-refractivity contribution in [3.8, 4) is 0 Å². The van der Waals surface area contributed by atoms with Crippen molar-refractivity contribution in [2.45, 2.75) is 69.4 Å². The zero-order valence-electron chi connectivity index (χ0n) is 21.4. The van der Waals surface area contributed by atoms with E-state index in [9.17, 15) is 52.8 Å². The summed E-state index contributed by atoms with van der Waals surface area (Å²) < 4.78 is 116. The second-order valence-corrected chi connectivity index (χ2v) is 11.3. The van der Waals surface area contributed by atoms with E-state index < -0.39 is 31.1 Å². The molecule has 0 radical (unpaired) electrons. The number of alkyl halides is 6. The number of hydrogen-bond donors (Lipinski definition) is 1. The molecule has 0 aromatic carbocycles. The predicted octanol–water partition coefficient (Wildman–Crippen LogP) is 4.00. The average molecular weight is 629 g/mol. The van der Waals surface area contributed by atoms with Gasteiger partial charge in [-0.3, -0.25) is 0 Å². The summed E-state index contributed by atoms with van der Waals surface area (Å²) >= 11 is 0. The van der Waals surface area contributed by atoms with E-state index in [1.807, 2.05) is 12.3 Å². The molecular weight excluding hydrogens is 598 g/mol. The van der Waals surface area contributed by atoms with Crippen LogP contribution in [0.5, 0.6) is 0 Å². The zero-order chi connectivity index (χ0) is 30.9. The van der Waals surface area contributed by atoms with E-state index in [1.165, 1.54) is 24.5 Å². The Balaban J connectivity index is 0.000000868. The number of halogens is 6. The Hall–Kier alpha value is -2.76. The summed E-state index contributed by atoms with van der Waals surface area (Å²) in [4.78, 5) is 25.0. The number of isocyanates is 1. The molecule has 0 saturated carbocycles. The largest absolute Gasteiger partial charge is 0.480 e. The summed E-state index contributed by atoms with van der Waals surface area (Å²) in [5.74, 6) is 0. The molecule has 1 amide bonds. The summed E-state index contributed by atoms with van der Waals surface area (Å²) in [6.07, 6.45) is 12.5. The number of rotatable bonds is 15. The number of aryl methyl sites for hydroxylation is 1. The lowest BCUT2D eigenvalue weighted by molar-refractivity contribution is -0.698. The van der Waals surface area contributed by atoms with Gasteiger partial charge in [-0.1, -0.05) is 26.2 Å². The van der Waals surface area contributed by atoms with Gasteiger partial charge in [0.2, 0.25) is 6.08 Å². The lowest BCUT2D eigenvalue weighted by Crippen LogP contribution is -2.37. The second-order valence-electron chi connectivity index (χ2n) is 7.92. The molecule has 0 atom stereocenters. The highest BCUT2D eigenvalue weighted by atomic mass is 32.3. The van der Waals surface area contributed by atoms with Gasteiger partial charge in [0.05, 0.1) is 6.54 Å².